The summed E-state index contributed by atoms with van der Waals surface area (Å²) in [5, 5.41) is 10.9. The summed E-state index contributed by atoms with van der Waals surface area (Å²) < 4.78 is 5.89. The van der Waals surface area contributed by atoms with E-state index in [9.17, 15) is 24.3 Å². The lowest BCUT2D eigenvalue weighted by atomic mass is 9.59. The van der Waals surface area contributed by atoms with Gasteiger partial charge in [0.1, 0.15) is 0 Å². The van der Waals surface area contributed by atoms with E-state index in [-0.39, 0.29) is 45.8 Å². The predicted octanol–water partition coefficient (Wildman–Crippen LogP) is 5.78. The van der Waals surface area contributed by atoms with Gasteiger partial charge in [-0.15, -0.1) is 0 Å². The van der Waals surface area contributed by atoms with E-state index in [1.807, 2.05) is 6.08 Å². The number of benzene rings is 2. The highest BCUT2D eigenvalue weighted by Gasteiger charge is 2.56. The number of anilines is 1. The van der Waals surface area contributed by atoms with E-state index in [0.717, 1.165) is 5.57 Å². The van der Waals surface area contributed by atoms with Crippen molar-refractivity contribution >= 4 is 72.5 Å². The zero-order valence-corrected chi connectivity index (χ0v) is 24.3. The first-order chi connectivity index (χ1) is 18.6. The van der Waals surface area contributed by atoms with Crippen LogP contribution in [0.3, 0.4) is 0 Å². The Bertz CT molecular complexity index is 1590. The van der Waals surface area contributed by atoms with Crippen LogP contribution in [0, 0.1) is 17.8 Å². The van der Waals surface area contributed by atoms with Crippen LogP contribution in [-0.4, -0.2) is 35.6 Å². The van der Waals surface area contributed by atoms with Gasteiger partial charge in [-0.1, -0.05) is 23.3 Å². The molecule has 2 amide bonds. The minimum absolute atomic E-state index is 0.0932. The summed E-state index contributed by atoms with van der Waals surface area (Å²) >= 11 is 12.6. The van der Waals surface area contributed by atoms with Crippen LogP contribution in [0.1, 0.15) is 24.3 Å². The Hall–Kier alpha value is -3.01. The van der Waals surface area contributed by atoms with Crippen LogP contribution in [0.25, 0.3) is 0 Å². The van der Waals surface area contributed by atoms with Gasteiger partial charge in [-0.2, -0.15) is 0 Å². The Kier molecular flexibility index (Phi) is 6.44. The van der Waals surface area contributed by atoms with E-state index in [4.69, 9.17) is 16.3 Å². The van der Waals surface area contributed by atoms with Crippen molar-refractivity contribution in [2.45, 2.75) is 18.8 Å². The Morgan fingerprint density at radius 2 is 1.74 bits per heavy atom. The highest BCUT2D eigenvalue weighted by molar-refractivity contribution is 9.12. The van der Waals surface area contributed by atoms with Gasteiger partial charge in [0.2, 0.25) is 11.8 Å². The highest BCUT2D eigenvalue weighted by Crippen LogP contribution is 2.56. The fraction of sp³-hybridized carbons (Fsp3) is 0.241. The number of fused-ring (bicyclic) bond motifs is 3. The van der Waals surface area contributed by atoms with Crippen LogP contribution in [0.5, 0.6) is 11.5 Å². The number of carbonyl (C=O) groups is 4. The average Bonchev–Trinajstić information content (AvgIpc) is 3.18. The number of ether oxygens (including phenoxy) is 1. The third-order valence-corrected chi connectivity index (χ3v) is 9.47. The Morgan fingerprint density at radius 1 is 1.03 bits per heavy atom. The van der Waals surface area contributed by atoms with Crippen molar-refractivity contribution in [3.8, 4) is 11.5 Å². The molecule has 2 aromatic carbocycles. The molecule has 39 heavy (non-hydrogen) atoms. The average molecular weight is 674 g/mol. The number of rotatable bonds is 3. The SMILES string of the molecule is COc1cc([C@H]2C3=CC[C@@H]4C(=O)N(c5ccc(Cl)cc5)C(=O)[C@@H]4[C@@H]3CC3=C2C(=O)C=C(Br)C3=O)cc(Br)c1O. The van der Waals surface area contributed by atoms with Gasteiger partial charge < -0.3 is 9.84 Å². The molecule has 0 radical (unpaired) electrons. The van der Waals surface area contributed by atoms with Crippen LogP contribution in [-0.2, 0) is 19.2 Å². The van der Waals surface area contributed by atoms with Gasteiger partial charge in [-0.05, 0) is 92.6 Å². The molecule has 4 atom stereocenters. The number of hydrogen-bond acceptors (Lipinski definition) is 6. The number of nitrogens with zero attached hydrogens (tertiary/aromatic N) is 1. The number of amides is 2. The second-order valence-corrected chi connectivity index (χ2v) is 12.1. The molecule has 6 rings (SSSR count). The zero-order chi connectivity index (χ0) is 27.7. The molecule has 198 valence electrons. The standard InChI is InChI=1S/C29H20Br2ClNO6/c1-39-22-9-12(8-19(30)27(22)36)23-15-6-7-16-24(17(15)10-18-25(23)21(34)11-20(31)26(18)35)29(38)33(28(16)37)14-4-2-13(32)3-5-14/h2-6,8-9,11,16-17,23-24,36H,7,10H2,1H3/t16-,17+,23-,24-/m0/s1. The molecule has 0 unspecified atom stereocenters. The number of hydrogen-bond donors (Lipinski definition) is 1. The molecule has 0 aromatic heterocycles. The minimum Gasteiger partial charge on any atom is -0.503 e. The van der Waals surface area contributed by atoms with E-state index in [2.05, 4.69) is 31.9 Å². The topological polar surface area (TPSA) is 101 Å². The summed E-state index contributed by atoms with van der Waals surface area (Å²) in [7, 11) is 1.42. The maximum Gasteiger partial charge on any atom is 0.238 e. The van der Waals surface area contributed by atoms with E-state index in [1.54, 1.807) is 36.4 Å². The number of imide groups is 1. The first kappa shape index (κ1) is 26.2. The normalized spacial score (nSPS) is 26.2. The van der Waals surface area contributed by atoms with Crippen molar-refractivity contribution in [2.24, 2.45) is 17.8 Å². The molecule has 0 bridgehead atoms. The largest absolute Gasteiger partial charge is 0.503 e. The van der Waals surface area contributed by atoms with Gasteiger partial charge in [-0.25, -0.2) is 0 Å². The third kappa shape index (κ3) is 3.97. The number of halogens is 3. The van der Waals surface area contributed by atoms with Crippen molar-refractivity contribution in [1.29, 1.82) is 0 Å². The third-order valence-electron chi connectivity index (χ3n) is 8.02. The number of Topliss-reactive ketones (excluding diaryl/α,β-unsaturated/α-hetero) is 1. The van der Waals surface area contributed by atoms with Gasteiger partial charge in [0, 0.05) is 28.2 Å². The molecule has 1 saturated heterocycles. The lowest BCUT2D eigenvalue weighted by Gasteiger charge is -2.42. The van der Waals surface area contributed by atoms with Gasteiger partial charge in [0.05, 0.1) is 33.6 Å². The number of allylic oxidation sites excluding steroid dienone is 6. The van der Waals surface area contributed by atoms with Crippen molar-refractivity contribution in [1.82, 2.24) is 0 Å². The van der Waals surface area contributed by atoms with Crippen molar-refractivity contribution in [2.75, 3.05) is 12.0 Å². The van der Waals surface area contributed by atoms with Crippen molar-refractivity contribution < 1.29 is 29.0 Å². The number of aromatic hydroxyl groups is 1. The molecule has 7 nitrogen and oxygen atoms in total. The molecule has 1 heterocycles. The summed E-state index contributed by atoms with van der Waals surface area (Å²) in [6, 6.07) is 9.86. The first-order valence-electron chi connectivity index (χ1n) is 12.2. The molecule has 0 spiro atoms. The van der Waals surface area contributed by atoms with Crippen LogP contribution in [0.15, 0.2) is 74.2 Å². The molecule has 4 aliphatic rings. The Morgan fingerprint density at radius 3 is 2.44 bits per heavy atom. The van der Waals surface area contributed by atoms with Gasteiger partial charge >= 0.3 is 0 Å². The minimum atomic E-state index is -0.695. The lowest BCUT2D eigenvalue weighted by molar-refractivity contribution is -0.123. The molecule has 1 fully saturated rings. The van der Waals surface area contributed by atoms with E-state index in [1.165, 1.54) is 18.1 Å². The predicted molar refractivity (Wildman–Crippen MR) is 151 cm³/mol. The number of ketones is 2. The maximum absolute atomic E-state index is 13.9. The Labute approximate surface area is 245 Å². The smallest absolute Gasteiger partial charge is 0.238 e. The lowest BCUT2D eigenvalue weighted by Crippen LogP contribution is -2.39. The fourth-order valence-corrected chi connectivity index (χ4v) is 7.38. The Balaban J connectivity index is 1.51. The highest BCUT2D eigenvalue weighted by atomic mass is 79.9. The summed E-state index contributed by atoms with van der Waals surface area (Å²) in [5.41, 5.74) is 2.55. The summed E-state index contributed by atoms with van der Waals surface area (Å²) in [5.74, 6) is -3.55. The van der Waals surface area contributed by atoms with Crippen LogP contribution >= 0.6 is 43.5 Å². The van der Waals surface area contributed by atoms with Gasteiger partial charge in [0.15, 0.2) is 23.1 Å². The molecule has 1 N–H and O–H groups in total. The van der Waals surface area contributed by atoms with Crippen molar-refractivity contribution in [3.05, 3.63) is 84.8 Å². The van der Waals surface area contributed by atoms with Gasteiger partial charge in [0.25, 0.3) is 0 Å². The fourth-order valence-electron chi connectivity index (χ4n) is 6.35. The number of methoxy groups -OCH3 is 1. The van der Waals surface area contributed by atoms with Crippen LogP contribution < -0.4 is 9.64 Å². The van der Waals surface area contributed by atoms with Crippen LogP contribution in [0.2, 0.25) is 5.02 Å². The molecule has 1 aliphatic heterocycles. The van der Waals surface area contributed by atoms with Gasteiger partial charge in [-0.3, -0.25) is 24.1 Å². The molecule has 10 heteroatoms. The molecular formula is C29H20Br2ClNO6. The van der Waals surface area contributed by atoms with E-state index >= 15 is 0 Å². The second-order valence-electron chi connectivity index (χ2n) is 9.94. The summed E-state index contributed by atoms with van der Waals surface area (Å²) in [6.07, 6.45) is 3.70. The molecule has 3 aliphatic carbocycles. The van der Waals surface area contributed by atoms with Crippen LogP contribution in [0.4, 0.5) is 5.69 Å². The molecule has 2 aromatic rings. The monoisotopic (exact) mass is 671 g/mol. The number of carbonyl (C=O) groups excluding carboxylic acids is 4. The summed E-state index contributed by atoms with van der Waals surface area (Å²) in [4.78, 5) is 55.4. The first-order valence-corrected chi connectivity index (χ1v) is 14.2. The zero-order valence-electron chi connectivity index (χ0n) is 20.4. The summed E-state index contributed by atoms with van der Waals surface area (Å²) in [6.45, 7) is 0. The molecular weight excluding hydrogens is 654 g/mol. The van der Waals surface area contributed by atoms with E-state index in [0.29, 0.717) is 38.3 Å². The second kappa shape index (κ2) is 9.57. The number of phenols is 1. The molecule has 0 saturated carbocycles. The quantitative estimate of drug-likeness (QED) is 0.252. The van der Waals surface area contributed by atoms with E-state index < -0.39 is 23.7 Å². The maximum atomic E-state index is 13.9. The number of phenolic OH excluding ortho intramolecular Hbond substituents is 1. The van der Waals surface area contributed by atoms with Crippen molar-refractivity contribution in [3.63, 3.8) is 0 Å².